The molecule has 19 heteroatoms. The summed E-state index contributed by atoms with van der Waals surface area (Å²) in [4.78, 5) is 20.8. The maximum atomic E-state index is 14.2. The van der Waals surface area contributed by atoms with Crippen molar-refractivity contribution in [3.05, 3.63) is 33.8 Å². The maximum absolute atomic E-state index is 14.2. The van der Waals surface area contributed by atoms with Crippen LogP contribution in [0, 0.1) is 0 Å². The number of likely N-dealkylation sites (tertiary alicyclic amines) is 1. The summed E-state index contributed by atoms with van der Waals surface area (Å²) in [5.74, 6) is -2.77. The van der Waals surface area contributed by atoms with Gasteiger partial charge in [0.15, 0.2) is 5.01 Å². The Kier molecular flexibility index (Phi) is 10.2. The molecule has 10 nitrogen and oxygen atoms in total. The van der Waals surface area contributed by atoms with Crippen LogP contribution in [0.2, 0.25) is 10.0 Å². The van der Waals surface area contributed by atoms with E-state index in [1.165, 1.54) is 17.9 Å². The van der Waals surface area contributed by atoms with Crippen molar-refractivity contribution in [2.45, 2.75) is 88.2 Å². The molecular weight excluding hydrogens is 692 g/mol. The number of rotatable bonds is 12. The summed E-state index contributed by atoms with van der Waals surface area (Å²) < 4.78 is 106. The van der Waals surface area contributed by atoms with Gasteiger partial charge in [0.25, 0.3) is 12.4 Å². The highest BCUT2D eigenvalue weighted by atomic mass is 35.5. The number of hydrogen-bond donors (Lipinski definition) is 1. The number of carbonyl (C=O) groups excluding carboxylic acids is 1. The summed E-state index contributed by atoms with van der Waals surface area (Å²) in [6.45, 7) is 5.78. The average Bonchev–Trinajstić information content (AvgIpc) is 3.60. The number of aromatic nitrogens is 3. The molecule has 1 aliphatic rings. The van der Waals surface area contributed by atoms with Gasteiger partial charge in [-0.1, -0.05) is 41.3 Å². The zero-order chi connectivity index (χ0) is 33.5. The van der Waals surface area contributed by atoms with Crippen LogP contribution in [0.5, 0.6) is 0 Å². The van der Waals surface area contributed by atoms with Gasteiger partial charge in [0, 0.05) is 24.6 Å². The fraction of sp³-hybridized carbons (Fsp3) is 0.538. The highest BCUT2D eigenvalue weighted by Gasteiger charge is 2.44. The minimum Gasteiger partial charge on any atom is -0.461 e. The first-order valence-corrected chi connectivity index (χ1v) is 16.5. The van der Waals surface area contributed by atoms with Gasteiger partial charge >= 0.3 is 6.18 Å². The molecule has 0 bridgehead atoms. The Labute approximate surface area is 269 Å². The molecule has 3 aromatic rings. The molecule has 2 aromatic heterocycles. The standard InChI is InChI=1S/C26H28Cl2F5N5O5S2/c1-5-17(26(31,32)33)37-45(40,41)16-7-6-14(19(27)20(16)28)21-15(10-38-11-25(29,30)8-13(38)2)34-23(44-21)22-35-18(43-36-22)9-24(3,4)42-12-39/h6-7,12-13,17,37H,5,8-11H2,1-4H3/t13-,17-/m0/s1. The quantitative estimate of drug-likeness (QED) is 0.165. The summed E-state index contributed by atoms with van der Waals surface area (Å²) in [5.41, 5.74) is -0.532. The number of sulfonamides is 1. The first-order chi connectivity index (χ1) is 20.8. The Hall–Kier alpha value is -2.44. The smallest absolute Gasteiger partial charge is 0.404 e. The van der Waals surface area contributed by atoms with E-state index in [4.69, 9.17) is 32.5 Å². The number of halogens is 7. The first kappa shape index (κ1) is 35.4. The molecule has 0 saturated carbocycles. The highest BCUT2D eigenvalue weighted by Crippen LogP contribution is 2.44. The van der Waals surface area contributed by atoms with Gasteiger partial charge < -0.3 is 9.26 Å². The second-order valence-electron chi connectivity index (χ2n) is 11.1. The highest BCUT2D eigenvalue weighted by molar-refractivity contribution is 7.89. The van der Waals surface area contributed by atoms with Gasteiger partial charge in [0.1, 0.15) is 16.5 Å². The van der Waals surface area contributed by atoms with Crippen LogP contribution in [0.25, 0.3) is 21.3 Å². The van der Waals surface area contributed by atoms with Crippen molar-refractivity contribution in [3.8, 4) is 21.3 Å². The van der Waals surface area contributed by atoms with E-state index in [1.54, 1.807) is 25.5 Å². The molecule has 248 valence electrons. The molecule has 0 radical (unpaired) electrons. The van der Waals surface area contributed by atoms with Gasteiger partial charge in [-0.25, -0.2) is 22.2 Å². The third-order valence-electron chi connectivity index (χ3n) is 6.99. The van der Waals surface area contributed by atoms with Crippen molar-refractivity contribution in [2.24, 2.45) is 0 Å². The third-order valence-corrected chi connectivity index (χ3v) is 10.6. The second-order valence-corrected chi connectivity index (χ2v) is 14.6. The molecule has 1 saturated heterocycles. The Morgan fingerprint density at radius 1 is 1.24 bits per heavy atom. The Morgan fingerprint density at radius 3 is 2.51 bits per heavy atom. The molecule has 1 fully saturated rings. The van der Waals surface area contributed by atoms with Crippen LogP contribution in [-0.4, -0.2) is 71.2 Å². The number of ether oxygens (including phenoxy) is 1. The van der Waals surface area contributed by atoms with E-state index in [0.29, 0.717) is 11.3 Å². The average molecular weight is 721 g/mol. The molecule has 4 rings (SSSR count). The van der Waals surface area contributed by atoms with Gasteiger partial charge in [-0.05, 0) is 33.3 Å². The van der Waals surface area contributed by atoms with Crippen LogP contribution in [0.4, 0.5) is 22.0 Å². The predicted molar refractivity (Wildman–Crippen MR) is 156 cm³/mol. The van der Waals surface area contributed by atoms with Crippen LogP contribution >= 0.6 is 34.5 Å². The topological polar surface area (TPSA) is 128 Å². The second kappa shape index (κ2) is 13.0. The van der Waals surface area contributed by atoms with Crippen molar-refractivity contribution in [3.63, 3.8) is 0 Å². The van der Waals surface area contributed by atoms with Crippen LogP contribution in [-0.2, 0) is 32.5 Å². The lowest BCUT2D eigenvalue weighted by atomic mass is 10.1. The number of alkyl halides is 5. The van der Waals surface area contributed by atoms with Gasteiger partial charge in [-0.15, -0.1) is 11.3 Å². The van der Waals surface area contributed by atoms with Crippen LogP contribution in [0.3, 0.4) is 0 Å². The minimum absolute atomic E-state index is 0.0348. The fourth-order valence-corrected chi connectivity index (χ4v) is 8.00. The number of nitrogens with zero attached hydrogens (tertiary/aromatic N) is 4. The van der Waals surface area contributed by atoms with E-state index in [-0.39, 0.29) is 52.4 Å². The van der Waals surface area contributed by atoms with E-state index >= 15 is 0 Å². The lowest BCUT2D eigenvalue weighted by Gasteiger charge is -2.21. The van der Waals surface area contributed by atoms with Crippen molar-refractivity contribution in [1.29, 1.82) is 0 Å². The molecule has 45 heavy (non-hydrogen) atoms. The Morgan fingerprint density at radius 2 is 1.93 bits per heavy atom. The Bertz CT molecular complexity index is 1670. The van der Waals surface area contributed by atoms with Crippen LogP contribution in [0.1, 0.15) is 52.1 Å². The zero-order valence-corrected chi connectivity index (χ0v) is 27.4. The molecule has 1 aliphatic heterocycles. The fourth-order valence-electron chi connectivity index (χ4n) is 4.74. The number of nitrogens with one attached hydrogen (secondary N) is 1. The molecule has 2 atom stereocenters. The molecule has 0 spiro atoms. The third kappa shape index (κ3) is 8.11. The summed E-state index contributed by atoms with van der Waals surface area (Å²) in [6.07, 6.45) is -5.70. The van der Waals surface area contributed by atoms with Crippen molar-refractivity contribution >= 4 is 51.0 Å². The van der Waals surface area contributed by atoms with Crippen molar-refractivity contribution in [2.75, 3.05) is 6.54 Å². The summed E-state index contributed by atoms with van der Waals surface area (Å²) in [5, 5.41) is 3.28. The zero-order valence-electron chi connectivity index (χ0n) is 24.2. The van der Waals surface area contributed by atoms with E-state index in [1.807, 2.05) is 0 Å². The molecule has 1 N–H and O–H groups in total. The van der Waals surface area contributed by atoms with E-state index < -0.39 is 62.7 Å². The van der Waals surface area contributed by atoms with Gasteiger partial charge in [-0.2, -0.15) is 22.9 Å². The number of thiazole rings is 1. The van der Waals surface area contributed by atoms with E-state index in [9.17, 15) is 35.2 Å². The summed E-state index contributed by atoms with van der Waals surface area (Å²) in [6, 6.07) is -0.607. The Balaban J connectivity index is 1.76. The number of benzene rings is 1. The van der Waals surface area contributed by atoms with Gasteiger partial charge in [0.2, 0.25) is 21.7 Å². The summed E-state index contributed by atoms with van der Waals surface area (Å²) >= 11 is 13.9. The first-order valence-electron chi connectivity index (χ1n) is 13.4. The maximum Gasteiger partial charge on any atom is 0.404 e. The SMILES string of the molecule is CC[C@H](NS(=O)(=O)c1ccc(-c2sc(-c3noc(CC(C)(C)OC=O)n3)nc2CN2CC(F)(F)C[C@@H]2C)c(Cl)c1Cl)C(F)(F)F. The number of hydrogen-bond acceptors (Lipinski definition) is 10. The monoisotopic (exact) mass is 719 g/mol. The molecule has 1 aromatic carbocycles. The largest absolute Gasteiger partial charge is 0.461 e. The molecular formula is C26H28Cl2F5N5O5S2. The van der Waals surface area contributed by atoms with E-state index in [0.717, 1.165) is 17.4 Å². The molecule has 3 heterocycles. The predicted octanol–water partition coefficient (Wildman–Crippen LogP) is 6.51. The van der Waals surface area contributed by atoms with E-state index in [2.05, 4.69) is 15.1 Å². The van der Waals surface area contributed by atoms with Gasteiger partial charge in [-0.3, -0.25) is 9.69 Å². The molecule has 0 aliphatic carbocycles. The lowest BCUT2D eigenvalue weighted by Crippen LogP contribution is -2.44. The minimum atomic E-state index is -4.85. The molecule has 0 amide bonds. The van der Waals surface area contributed by atoms with Crippen molar-refractivity contribution in [1.82, 2.24) is 24.7 Å². The van der Waals surface area contributed by atoms with Crippen molar-refractivity contribution < 1.29 is 44.4 Å². The lowest BCUT2D eigenvalue weighted by molar-refractivity contribution is -0.151. The van der Waals surface area contributed by atoms with Crippen LogP contribution in [0.15, 0.2) is 21.6 Å². The van der Waals surface area contributed by atoms with Gasteiger partial charge in [0.05, 0.1) is 33.6 Å². The van der Waals surface area contributed by atoms with Crippen LogP contribution < -0.4 is 4.72 Å². The summed E-state index contributed by atoms with van der Waals surface area (Å²) in [7, 11) is -4.76. The normalized spacial score (nSPS) is 18.3. The number of carbonyl (C=O) groups is 1. The molecule has 0 unspecified atom stereocenters.